The molecule has 1 N–H and O–H groups in total. The van der Waals surface area contributed by atoms with E-state index in [0.29, 0.717) is 5.56 Å². The topological polar surface area (TPSA) is 53.9 Å². The van der Waals surface area contributed by atoms with Gasteiger partial charge in [-0.25, -0.2) is 5.43 Å². The van der Waals surface area contributed by atoms with Gasteiger partial charge in [0, 0.05) is 24.4 Å². The average Bonchev–Trinajstić information content (AvgIpc) is 3.17. The number of nitrogens with one attached hydrogen (secondary N) is 1. The largest absolute Gasteiger partial charge is 0.378 e. The molecule has 1 heterocycles. The van der Waals surface area contributed by atoms with Gasteiger partial charge in [0.2, 0.25) is 0 Å². The van der Waals surface area contributed by atoms with Crippen molar-refractivity contribution in [1.82, 2.24) is 10.3 Å². The van der Waals surface area contributed by atoms with Gasteiger partial charge < -0.3 is 9.64 Å². The lowest BCUT2D eigenvalue weighted by molar-refractivity contribution is 0.0548. The van der Waals surface area contributed by atoms with Crippen molar-refractivity contribution in [1.29, 1.82) is 0 Å². The van der Waals surface area contributed by atoms with E-state index in [1.807, 2.05) is 43.5 Å². The molecule has 1 amide bonds. The number of nitrogens with zero attached hydrogens (tertiary/aromatic N) is 2. The van der Waals surface area contributed by atoms with E-state index in [0.717, 1.165) is 50.3 Å². The van der Waals surface area contributed by atoms with Crippen LogP contribution in [0.4, 0.5) is 0 Å². The van der Waals surface area contributed by atoms with Crippen molar-refractivity contribution in [3.8, 4) is 0 Å². The molecule has 5 heteroatoms. The van der Waals surface area contributed by atoms with Crippen molar-refractivity contribution in [2.75, 3.05) is 26.3 Å². The fourth-order valence-corrected chi connectivity index (χ4v) is 3.86. The van der Waals surface area contributed by atoms with Crippen molar-refractivity contribution in [2.45, 2.75) is 19.8 Å². The highest BCUT2D eigenvalue weighted by Crippen LogP contribution is 2.34. The summed E-state index contributed by atoms with van der Waals surface area (Å²) in [5.41, 5.74) is 9.30. The summed E-state index contributed by atoms with van der Waals surface area (Å²) in [5.74, 6) is -0.196. The van der Waals surface area contributed by atoms with Gasteiger partial charge in [0.25, 0.3) is 5.91 Å². The predicted octanol–water partition coefficient (Wildman–Crippen LogP) is 4.17. The highest BCUT2D eigenvalue weighted by molar-refractivity contribution is 5.95. The average molecular weight is 402 g/mol. The molecule has 4 rings (SSSR count). The Bertz CT molecular complexity index is 969. The molecule has 0 unspecified atom stereocenters. The van der Waals surface area contributed by atoms with Crippen LogP contribution in [-0.4, -0.2) is 43.3 Å². The number of hydrazone groups is 1. The molecule has 2 aliphatic rings. The number of amides is 1. The van der Waals surface area contributed by atoms with E-state index in [4.69, 9.17) is 4.74 Å². The zero-order chi connectivity index (χ0) is 20.8. The van der Waals surface area contributed by atoms with Crippen molar-refractivity contribution in [2.24, 2.45) is 5.10 Å². The number of hydrogen-bond acceptors (Lipinski definition) is 4. The molecule has 0 atom stereocenters. The minimum atomic E-state index is -0.196. The number of allylic oxidation sites excluding steroid dienone is 2. The summed E-state index contributed by atoms with van der Waals surface area (Å²) in [6.45, 7) is 5.20. The molecule has 1 aliphatic heterocycles. The first-order chi connectivity index (χ1) is 14.7. The number of ether oxygens (including phenoxy) is 1. The molecule has 0 radical (unpaired) electrons. The summed E-state index contributed by atoms with van der Waals surface area (Å²) in [6.07, 6.45) is 5.95. The van der Waals surface area contributed by atoms with Crippen LogP contribution in [-0.2, 0) is 4.74 Å². The summed E-state index contributed by atoms with van der Waals surface area (Å²) in [4.78, 5) is 14.7. The zero-order valence-corrected chi connectivity index (χ0v) is 17.3. The van der Waals surface area contributed by atoms with Crippen LogP contribution < -0.4 is 5.43 Å². The molecule has 5 nitrogen and oxygen atoms in total. The van der Waals surface area contributed by atoms with Crippen LogP contribution in [0, 0.1) is 6.92 Å². The second-order valence-electron chi connectivity index (χ2n) is 7.62. The maximum absolute atomic E-state index is 12.3. The summed E-state index contributed by atoms with van der Waals surface area (Å²) in [6, 6.07) is 17.9. The Morgan fingerprint density at radius 2 is 1.77 bits per heavy atom. The summed E-state index contributed by atoms with van der Waals surface area (Å²) in [7, 11) is 0. The lowest BCUT2D eigenvalue weighted by Crippen LogP contribution is -2.36. The van der Waals surface area contributed by atoms with Gasteiger partial charge in [0.1, 0.15) is 0 Å². The monoisotopic (exact) mass is 401 g/mol. The normalized spacial score (nSPS) is 18.4. The van der Waals surface area contributed by atoms with Crippen molar-refractivity contribution in [3.05, 3.63) is 88.1 Å². The zero-order valence-electron chi connectivity index (χ0n) is 17.3. The molecule has 154 valence electrons. The van der Waals surface area contributed by atoms with Crippen LogP contribution in [0.15, 0.2) is 76.5 Å². The Morgan fingerprint density at radius 1 is 1.03 bits per heavy atom. The summed E-state index contributed by atoms with van der Waals surface area (Å²) < 4.78 is 5.54. The van der Waals surface area contributed by atoms with Gasteiger partial charge in [0.05, 0.1) is 19.4 Å². The Balaban J connectivity index is 1.55. The van der Waals surface area contributed by atoms with Gasteiger partial charge in [0.15, 0.2) is 0 Å². The molecule has 1 fully saturated rings. The third-order valence-corrected chi connectivity index (χ3v) is 5.44. The highest BCUT2D eigenvalue weighted by Gasteiger charge is 2.25. The minimum absolute atomic E-state index is 0.196. The number of aryl methyl sites for hydroxylation is 1. The quantitative estimate of drug-likeness (QED) is 0.604. The van der Waals surface area contributed by atoms with E-state index in [9.17, 15) is 4.79 Å². The maximum atomic E-state index is 12.3. The second kappa shape index (κ2) is 9.55. The summed E-state index contributed by atoms with van der Waals surface area (Å²) in [5, 5.41) is 4.27. The predicted molar refractivity (Wildman–Crippen MR) is 120 cm³/mol. The van der Waals surface area contributed by atoms with E-state index in [1.54, 1.807) is 0 Å². The second-order valence-corrected chi connectivity index (χ2v) is 7.62. The molecule has 1 aliphatic carbocycles. The SMILES string of the molecule is Cc1ccc(C(=O)N/N=C\C2=C(N3CCOCC3)C(=Cc3ccccc3)CC2)cc1. The molecule has 0 aromatic heterocycles. The minimum Gasteiger partial charge on any atom is -0.378 e. The number of benzene rings is 2. The highest BCUT2D eigenvalue weighted by atomic mass is 16.5. The van der Waals surface area contributed by atoms with Crippen LogP contribution in [0.1, 0.15) is 34.3 Å². The van der Waals surface area contributed by atoms with Crippen LogP contribution in [0.2, 0.25) is 0 Å². The molecule has 0 bridgehead atoms. The van der Waals surface area contributed by atoms with E-state index >= 15 is 0 Å². The third kappa shape index (κ3) is 4.86. The summed E-state index contributed by atoms with van der Waals surface area (Å²) >= 11 is 0. The van der Waals surface area contributed by atoms with Crippen LogP contribution in [0.3, 0.4) is 0 Å². The number of carbonyl (C=O) groups excluding carboxylic acids is 1. The number of morpholine rings is 1. The Kier molecular flexibility index (Phi) is 6.40. The van der Waals surface area contributed by atoms with Gasteiger partial charge in [-0.05, 0) is 54.7 Å². The molecule has 2 aromatic carbocycles. The Morgan fingerprint density at radius 3 is 2.50 bits per heavy atom. The number of rotatable bonds is 5. The molecular formula is C25H27N3O2. The first-order valence-corrected chi connectivity index (χ1v) is 10.4. The molecule has 30 heavy (non-hydrogen) atoms. The standard InChI is InChI=1S/C25H27N3O2/c1-19-7-9-21(10-8-19)25(29)27-26-18-23-12-11-22(17-20-5-3-2-4-6-20)24(23)28-13-15-30-16-14-28/h2-10,17-18H,11-16H2,1H3,(H,27,29)/b22-17?,26-18-. The van der Waals surface area contributed by atoms with Crippen LogP contribution in [0.5, 0.6) is 0 Å². The van der Waals surface area contributed by atoms with Crippen LogP contribution in [0.25, 0.3) is 6.08 Å². The third-order valence-electron chi connectivity index (χ3n) is 5.44. The first-order valence-electron chi connectivity index (χ1n) is 10.4. The number of hydrogen-bond donors (Lipinski definition) is 1. The van der Waals surface area contributed by atoms with Gasteiger partial charge in [-0.3, -0.25) is 4.79 Å². The van der Waals surface area contributed by atoms with Gasteiger partial charge >= 0.3 is 0 Å². The first kappa shape index (κ1) is 20.1. The smallest absolute Gasteiger partial charge is 0.271 e. The number of carbonyl (C=O) groups is 1. The Hall–Kier alpha value is -3.18. The van der Waals surface area contributed by atoms with Gasteiger partial charge in [-0.1, -0.05) is 48.0 Å². The van der Waals surface area contributed by atoms with Crippen LogP contribution >= 0.6 is 0 Å². The van der Waals surface area contributed by atoms with E-state index in [1.165, 1.54) is 16.8 Å². The lowest BCUT2D eigenvalue weighted by Gasteiger charge is -2.31. The fourth-order valence-electron chi connectivity index (χ4n) is 3.86. The van der Waals surface area contributed by atoms with Gasteiger partial charge in [-0.15, -0.1) is 0 Å². The van der Waals surface area contributed by atoms with E-state index in [-0.39, 0.29) is 5.91 Å². The molecule has 0 spiro atoms. The Labute approximate surface area is 177 Å². The van der Waals surface area contributed by atoms with Crippen molar-refractivity contribution >= 4 is 18.2 Å². The fraction of sp³-hybridized carbons (Fsp3) is 0.280. The maximum Gasteiger partial charge on any atom is 0.271 e. The molecular weight excluding hydrogens is 374 g/mol. The molecule has 2 aromatic rings. The molecule has 1 saturated heterocycles. The van der Waals surface area contributed by atoms with E-state index < -0.39 is 0 Å². The lowest BCUT2D eigenvalue weighted by atomic mass is 10.1. The van der Waals surface area contributed by atoms with Crippen molar-refractivity contribution < 1.29 is 9.53 Å². The van der Waals surface area contributed by atoms with E-state index in [2.05, 4.69) is 45.8 Å². The molecule has 0 saturated carbocycles. The van der Waals surface area contributed by atoms with Gasteiger partial charge in [-0.2, -0.15) is 5.10 Å². The van der Waals surface area contributed by atoms with Crippen molar-refractivity contribution in [3.63, 3.8) is 0 Å².